The molecule has 1 aromatic rings. The van der Waals surface area contributed by atoms with Gasteiger partial charge in [-0.2, -0.15) is 4.37 Å². The Morgan fingerprint density at radius 3 is 2.83 bits per heavy atom. The van der Waals surface area contributed by atoms with Crippen LogP contribution >= 0.6 is 11.5 Å². The highest BCUT2D eigenvalue weighted by atomic mass is 32.1. The van der Waals surface area contributed by atoms with Crippen molar-refractivity contribution in [2.24, 2.45) is 0 Å². The molecule has 23 heavy (non-hydrogen) atoms. The van der Waals surface area contributed by atoms with Gasteiger partial charge >= 0.3 is 6.09 Å². The van der Waals surface area contributed by atoms with Gasteiger partial charge in [-0.15, -0.1) is 0 Å². The van der Waals surface area contributed by atoms with Gasteiger partial charge < -0.3 is 10.1 Å². The van der Waals surface area contributed by atoms with E-state index in [2.05, 4.69) is 33.4 Å². The predicted octanol–water partition coefficient (Wildman–Crippen LogP) is 3.15. The van der Waals surface area contributed by atoms with Crippen molar-refractivity contribution in [3.8, 4) is 0 Å². The number of alkyl carbamates (subject to hydrolysis) is 1. The van der Waals surface area contributed by atoms with Crippen molar-refractivity contribution >= 4 is 17.6 Å². The van der Waals surface area contributed by atoms with E-state index in [9.17, 15) is 4.79 Å². The van der Waals surface area contributed by atoms with E-state index in [1.807, 2.05) is 20.8 Å². The zero-order chi connectivity index (χ0) is 17.0. The molecule has 1 aliphatic heterocycles. The molecular weight excluding hydrogens is 312 g/mol. The fourth-order valence-electron chi connectivity index (χ4n) is 2.59. The molecule has 2 rings (SSSR count). The smallest absolute Gasteiger partial charge is 0.407 e. The van der Waals surface area contributed by atoms with Crippen LogP contribution in [0.1, 0.15) is 64.2 Å². The second-order valence-corrected chi connectivity index (χ2v) is 8.19. The number of amides is 1. The molecule has 0 aliphatic carbocycles. The molecular formula is C16H28N4O2S. The van der Waals surface area contributed by atoms with Crippen LogP contribution in [-0.4, -0.2) is 45.1 Å². The molecule has 2 heterocycles. The first-order valence-electron chi connectivity index (χ1n) is 8.28. The Morgan fingerprint density at radius 1 is 1.48 bits per heavy atom. The van der Waals surface area contributed by atoms with Crippen LogP contribution in [0.15, 0.2) is 0 Å². The molecule has 6 nitrogen and oxygen atoms in total. The molecule has 1 aromatic heterocycles. The number of ether oxygens (including phenoxy) is 1. The lowest BCUT2D eigenvalue weighted by Gasteiger charge is -2.25. The predicted molar refractivity (Wildman–Crippen MR) is 91.7 cm³/mol. The van der Waals surface area contributed by atoms with Gasteiger partial charge in [-0.25, -0.2) is 9.78 Å². The van der Waals surface area contributed by atoms with Crippen molar-refractivity contribution in [1.29, 1.82) is 0 Å². The highest BCUT2D eigenvalue weighted by Gasteiger charge is 2.27. The summed E-state index contributed by atoms with van der Waals surface area (Å²) in [5.41, 5.74) is -0.459. The van der Waals surface area contributed by atoms with Crippen molar-refractivity contribution in [2.75, 3.05) is 13.1 Å². The van der Waals surface area contributed by atoms with Crippen LogP contribution in [0.25, 0.3) is 0 Å². The third-order valence-electron chi connectivity index (χ3n) is 3.72. The zero-order valence-electron chi connectivity index (χ0n) is 14.8. The van der Waals surface area contributed by atoms with Crippen LogP contribution in [0, 0.1) is 0 Å². The first-order chi connectivity index (χ1) is 10.7. The first kappa shape index (κ1) is 18.1. The number of carbonyl (C=O) groups is 1. The van der Waals surface area contributed by atoms with Gasteiger partial charge in [0.15, 0.2) is 0 Å². The van der Waals surface area contributed by atoms with E-state index >= 15 is 0 Å². The number of hydrogen-bond donors (Lipinski definition) is 1. The maximum absolute atomic E-state index is 11.8. The van der Waals surface area contributed by atoms with E-state index in [1.165, 1.54) is 11.5 Å². The van der Waals surface area contributed by atoms with Crippen LogP contribution in [0.2, 0.25) is 0 Å². The van der Waals surface area contributed by atoms with Crippen molar-refractivity contribution < 1.29 is 9.53 Å². The van der Waals surface area contributed by atoms with Gasteiger partial charge in [0.05, 0.1) is 6.54 Å². The van der Waals surface area contributed by atoms with Crippen molar-refractivity contribution in [1.82, 2.24) is 19.6 Å². The minimum Gasteiger partial charge on any atom is -0.444 e. The van der Waals surface area contributed by atoms with Crippen LogP contribution in [-0.2, 0) is 11.3 Å². The van der Waals surface area contributed by atoms with Crippen molar-refractivity contribution in [3.05, 3.63) is 10.8 Å². The zero-order valence-corrected chi connectivity index (χ0v) is 15.6. The molecule has 1 atom stereocenters. The molecule has 0 unspecified atom stereocenters. The fourth-order valence-corrected chi connectivity index (χ4v) is 3.40. The largest absolute Gasteiger partial charge is 0.444 e. The van der Waals surface area contributed by atoms with E-state index in [4.69, 9.17) is 4.74 Å². The van der Waals surface area contributed by atoms with E-state index in [1.54, 1.807) is 0 Å². The summed E-state index contributed by atoms with van der Waals surface area (Å²) >= 11 is 1.48. The highest BCUT2D eigenvalue weighted by Crippen LogP contribution is 2.22. The Bertz CT molecular complexity index is 524. The summed E-state index contributed by atoms with van der Waals surface area (Å²) in [6.45, 7) is 12.3. The first-order valence-corrected chi connectivity index (χ1v) is 9.05. The lowest BCUT2D eigenvalue weighted by molar-refractivity contribution is 0.0512. The number of nitrogens with zero attached hydrogens (tertiary/aromatic N) is 3. The van der Waals surface area contributed by atoms with E-state index in [-0.39, 0.29) is 6.09 Å². The Labute approximate surface area is 142 Å². The molecule has 0 aromatic carbocycles. The topological polar surface area (TPSA) is 67.4 Å². The molecule has 1 aliphatic rings. The number of likely N-dealkylation sites (tertiary alicyclic amines) is 1. The minimum atomic E-state index is -0.459. The summed E-state index contributed by atoms with van der Waals surface area (Å²) in [5.74, 6) is 1.29. The Hall–Kier alpha value is -1.21. The monoisotopic (exact) mass is 340 g/mol. The average Bonchev–Trinajstić information content (AvgIpc) is 3.04. The van der Waals surface area contributed by atoms with Crippen molar-refractivity contribution in [2.45, 2.75) is 71.6 Å². The number of hydrogen-bond acceptors (Lipinski definition) is 6. The van der Waals surface area contributed by atoms with Gasteiger partial charge in [-0.1, -0.05) is 13.8 Å². The second-order valence-electron chi connectivity index (χ2n) is 7.35. The maximum atomic E-state index is 11.8. The maximum Gasteiger partial charge on any atom is 0.407 e. The summed E-state index contributed by atoms with van der Waals surface area (Å²) in [6, 6.07) is 0.342. The molecule has 1 N–H and O–H groups in total. The molecule has 130 valence electrons. The van der Waals surface area contributed by atoms with Crippen LogP contribution in [0.4, 0.5) is 4.79 Å². The normalized spacial score (nSPS) is 19.3. The highest BCUT2D eigenvalue weighted by molar-refractivity contribution is 7.05. The van der Waals surface area contributed by atoms with Crippen LogP contribution in [0.5, 0.6) is 0 Å². The molecule has 1 saturated heterocycles. The van der Waals surface area contributed by atoms with Gasteiger partial charge in [-0.05, 0) is 51.7 Å². The standard InChI is InChI=1S/C16H28N4O2S/c1-11(2)14-18-13(23-19-14)10-20-8-6-7-12(20)9-17-15(21)22-16(3,4)5/h11-12H,6-10H2,1-5H3,(H,17,21)/t12-/m0/s1. The summed E-state index contributed by atoms with van der Waals surface area (Å²) in [5, 5.41) is 3.94. The number of rotatable bonds is 5. The van der Waals surface area contributed by atoms with E-state index < -0.39 is 5.60 Å². The number of aromatic nitrogens is 2. The molecule has 1 amide bonds. The van der Waals surface area contributed by atoms with E-state index in [0.29, 0.717) is 18.5 Å². The molecule has 0 radical (unpaired) electrons. The summed E-state index contributed by atoms with van der Waals surface area (Å²) in [6.07, 6.45) is 1.89. The Kier molecular flexibility index (Phi) is 5.97. The molecule has 0 bridgehead atoms. The summed E-state index contributed by atoms with van der Waals surface area (Å²) in [7, 11) is 0. The number of carbonyl (C=O) groups excluding carboxylic acids is 1. The molecule has 1 fully saturated rings. The van der Waals surface area contributed by atoms with Gasteiger partial charge in [0.1, 0.15) is 16.4 Å². The summed E-state index contributed by atoms with van der Waals surface area (Å²) < 4.78 is 9.70. The third kappa shape index (κ3) is 5.73. The van der Waals surface area contributed by atoms with E-state index in [0.717, 1.165) is 36.8 Å². The SMILES string of the molecule is CC(C)c1nsc(CN2CCC[C@H]2CNC(=O)OC(C)(C)C)n1. The Balaban J connectivity index is 1.84. The van der Waals surface area contributed by atoms with Crippen LogP contribution in [0.3, 0.4) is 0 Å². The van der Waals surface area contributed by atoms with Crippen molar-refractivity contribution in [3.63, 3.8) is 0 Å². The minimum absolute atomic E-state index is 0.342. The van der Waals surface area contributed by atoms with Gasteiger partial charge in [0.25, 0.3) is 0 Å². The lowest BCUT2D eigenvalue weighted by atomic mass is 10.2. The number of nitrogens with one attached hydrogen (secondary N) is 1. The van der Waals surface area contributed by atoms with Crippen LogP contribution < -0.4 is 5.32 Å². The fraction of sp³-hybridized carbons (Fsp3) is 0.812. The van der Waals surface area contributed by atoms with Gasteiger partial charge in [0, 0.05) is 18.5 Å². The summed E-state index contributed by atoms with van der Waals surface area (Å²) in [4.78, 5) is 18.8. The molecule has 0 saturated carbocycles. The Morgan fingerprint density at radius 2 is 2.22 bits per heavy atom. The third-order valence-corrected chi connectivity index (χ3v) is 4.43. The second kappa shape index (κ2) is 7.57. The lowest BCUT2D eigenvalue weighted by Crippen LogP contribution is -2.41. The van der Waals surface area contributed by atoms with Gasteiger partial charge in [-0.3, -0.25) is 4.90 Å². The molecule has 0 spiro atoms. The quantitative estimate of drug-likeness (QED) is 0.892. The average molecular weight is 340 g/mol. The van der Waals surface area contributed by atoms with Gasteiger partial charge in [0.2, 0.25) is 0 Å². The molecule has 7 heteroatoms.